The molecule has 0 aromatic carbocycles. The van der Waals surface area contributed by atoms with E-state index in [0.717, 1.165) is 11.4 Å². The van der Waals surface area contributed by atoms with E-state index < -0.39 is 0 Å². The average molecular weight is 287 g/mol. The Hall–Kier alpha value is -1.95. The van der Waals surface area contributed by atoms with Crippen molar-refractivity contribution < 1.29 is 4.74 Å². The van der Waals surface area contributed by atoms with Gasteiger partial charge < -0.3 is 10.5 Å². The molecule has 0 spiro atoms. The van der Waals surface area contributed by atoms with E-state index in [1.54, 1.807) is 13.2 Å². The average Bonchev–Trinajstić information content (AvgIpc) is 3.18. The summed E-state index contributed by atoms with van der Waals surface area (Å²) in [5.41, 5.74) is 8.00. The zero-order chi connectivity index (χ0) is 14.7. The lowest BCUT2D eigenvalue weighted by molar-refractivity contribution is 0.395. The van der Waals surface area contributed by atoms with E-state index in [2.05, 4.69) is 32.0 Å². The number of nitrogens with zero attached hydrogens (tertiary/aromatic N) is 4. The molecule has 1 aliphatic carbocycles. The van der Waals surface area contributed by atoms with Gasteiger partial charge in [-0.05, 0) is 18.9 Å². The largest absolute Gasteiger partial charge is 0.481 e. The van der Waals surface area contributed by atoms with Crippen LogP contribution in [0.4, 0.5) is 0 Å². The summed E-state index contributed by atoms with van der Waals surface area (Å²) < 4.78 is 7.19. The first-order chi connectivity index (χ1) is 10.3. The third-order valence-electron chi connectivity index (χ3n) is 4.04. The van der Waals surface area contributed by atoms with Crippen LogP contribution >= 0.6 is 0 Å². The van der Waals surface area contributed by atoms with E-state index in [9.17, 15) is 0 Å². The number of hydrogen-bond donors (Lipinski definition) is 1. The van der Waals surface area contributed by atoms with E-state index in [1.807, 2.05) is 0 Å². The van der Waals surface area contributed by atoms with E-state index in [-0.39, 0.29) is 6.04 Å². The van der Waals surface area contributed by atoms with Crippen LogP contribution in [0.2, 0.25) is 0 Å². The van der Waals surface area contributed by atoms with Gasteiger partial charge in [-0.15, -0.1) is 0 Å². The molecule has 1 aliphatic rings. The van der Waals surface area contributed by atoms with Crippen molar-refractivity contribution in [2.75, 3.05) is 7.11 Å². The molecule has 0 saturated heterocycles. The fraction of sp³-hybridized carbons (Fsp3) is 0.533. The van der Waals surface area contributed by atoms with Crippen molar-refractivity contribution in [3.8, 4) is 5.88 Å². The highest BCUT2D eigenvalue weighted by atomic mass is 16.5. The molecule has 2 N–H and O–H groups in total. The van der Waals surface area contributed by atoms with Gasteiger partial charge in [0, 0.05) is 18.7 Å². The van der Waals surface area contributed by atoms with Crippen molar-refractivity contribution in [2.45, 2.75) is 44.2 Å². The SMILES string of the molecule is COc1cc(C(N)Cc2ccn(C3CCCC3)n2)ncn1. The van der Waals surface area contributed by atoms with Crippen LogP contribution in [-0.2, 0) is 6.42 Å². The van der Waals surface area contributed by atoms with Crippen LogP contribution in [0, 0.1) is 0 Å². The summed E-state index contributed by atoms with van der Waals surface area (Å²) in [5, 5.41) is 4.66. The van der Waals surface area contributed by atoms with Crippen molar-refractivity contribution in [3.05, 3.63) is 36.0 Å². The van der Waals surface area contributed by atoms with Gasteiger partial charge in [0.25, 0.3) is 0 Å². The lowest BCUT2D eigenvalue weighted by Gasteiger charge is -2.11. The maximum atomic E-state index is 6.22. The lowest BCUT2D eigenvalue weighted by Crippen LogP contribution is -2.16. The van der Waals surface area contributed by atoms with Gasteiger partial charge in [0.2, 0.25) is 5.88 Å². The Bertz CT molecular complexity index is 591. The monoisotopic (exact) mass is 287 g/mol. The Kier molecular flexibility index (Phi) is 4.15. The van der Waals surface area contributed by atoms with Gasteiger partial charge in [-0.1, -0.05) is 12.8 Å². The van der Waals surface area contributed by atoms with Crippen LogP contribution in [0.25, 0.3) is 0 Å². The number of ether oxygens (including phenoxy) is 1. The highest BCUT2D eigenvalue weighted by Crippen LogP contribution is 2.29. The minimum Gasteiger partial charge on any atom is -0.481 e. The summed E-state index contributed by atoms with van der Waals surface area (Å²) >= 11 is 0. The molecule has 0 radical (unpaired) electrons. The molecule has 3 rings (SSSR count). The van der Waals surface area contributed by atoms with Crippen molar-refractivity contribution in [3.63, 3.8) is 0 Å². The molecule has 2 aromatic heterocycles. The zero-order valence-corrected chi connectivity index (χ0v) is 12.3. The highest BCUT2D eigenvalue weighted by Gasteiger charge is 2.18. The molecule has 112 valence electrons. The quantitative estimate of drug-likeness (QED) is 0.910. The van der Waals surface area contributed by atoms with Gasteiger partial charge in [0.05, 0.1) is 30.6 Å². The van der Waals surface area contributed by atoms with Crippen LogP contribution in [0.1, 0.15) is 49.2 Å². The first kappa shape index (κ1) is 14.0. The summed E-state index contributed by atoms with van der Waals surface area (Å²) in [6.07, 6.45) is 9.29. The van der Waals surface area contributed by atoms with E-state index >= 15 is 0 Å². The number of hydrogen-bond acceptors (Lipinski definition) is 5. The molecule has 1 atom stereocenters. The zero-order valence-electron chi connectivity index (χ0n) is 12.3. The Balaban J connectivity index is 1.67. The van der Waals surface area contributed by atoms with Crippen LogP contribution in [0.5, 0.6) is 5.88 Å². The van der Waals surface area contributed by atoms with Crippen LogP contribution in [-0.4, -0.2) is 26.9 Å². The smallest absolute Gasteiger partial charge is 0.216 e. The first-order valence-electron chi connectivity index (χ1n) is 7.42. The first-order valence-corrected chi connectivity index (χ1v) is 7.42. The predicted octanol–water partition coefficient (Wildman–Crippen LogP) is 2.04. The van der Waals surface area contributed by atoms with Gasteiger partial charge in [0.15, 0.2) is 0 Å². The fourth-order valence-corrected chi connectivity index (χ4v) is 2.86. The van der Waals surface area contributed by atoms with Gasteiger partial charge in [0.1, 0.15) is 6.33 Å². The number of methoxy groups -OCH3 is 1. The molecule has 1 unspecified atom stereocenters. The second-order valence-corrected chi connectivity index (χ2v) is 5.52. The number of nitrogens with two attached hydrogens (primary N) is 1. The molecular formula is C15H21N5O. The minimum atomic E-state index is -0.200. The fourth-order valence-electron chi connectivity index (χ4n) is 2.86. The lowest BCUT2D eigenvalue weighted by atomic mass is 10.1. The Morgan fingerprint density at radius 1 is 1.38 bits per heavy atom. The van der Waals surface area contributed by atoms with Crippen LogP contribution < -0.4 is 10.5 Å². The molecule has 0 bridgehead atoms. The molecule has 6 nitrogen and oxygen atoms in total. The summed E-state index contributed by atoms with van der Waals surface area (Å²) in [6, 6.07) is 4.19. The molecule has 21 heavy (non-hydrogen) atoms. The van der Waals surface area contributed by atoms with E-state index in [1.165, 1.54) is 32.0 Å². The maximum absolute atomic E-state index is 6.22. The molecule has 0 aliphatic heterocycles. The summed E-state index contributed by atoms with van der Waals surface area (Å²) in [5.74, 6) is 0.534. The molecular weight excluding hydrogens is 266 g/mol. The second kappa shape index (κ2) is 6.22. The third-order valence-corrected chi connectivity index (χ3v) is 4.04. The molecule has 2 heterocycles. The van der Waals surface area contributed by atoms with E-state index in [0.29, 0.717) is 18.3 Å². The Labute approximate surface area is 124 Å². The Morgan fingerprint density at radius 3 is 2.95 bits per heavy atom. The van der Waals surface area contributed by atoms with Crippen LogP contribution in [0.15, 0.2) is 24.7 Å². The van der Waals surface area contributed by atoms with Crippen molar-refractivity contribution >= 4 is 0 Å². The van der Waals surface area contributed by atoms with Gasteiger partial charge in [-0.3, -0.25) is 4.68 Å². The highest BCUT2D eigenvalue weighted by molar-refractivity contribution is 5.18. The normalized spacial score (nSPS) is 17.0. The van der Waals surface area contributed by atoms with E-state index in [4.69, 9.17) is 10.5 Å². The molecule has 1 fully saturated rings. The Morgan fingerprint density at radius 2 is 2.19 bits per heavy atom. The molecule has 2 aromatic rings. The topological polar surface area (TPSA) is 78.9 Å². The maximum Gasteiger partial charge on any atom is 0.216 e. The summed E-state index contributed by atoms with van der Waals surface area (Å²) in [7, 11) is 1.58. The second-order valence-electron chi connectivity index (χ2n) is 5.52. The molecule has 0 amide bonds. The summed E-state index contributed by atoms with van der Waals surface area (Å²) in [4.78, 5) is 8.21. The van der Waals surface area contributed by atoms with Gasteiger partial charge in [-0.25, -0.2) is 9.97 Å². The predicted molar refractivity (Wildman–Crippen MR) is 78.9 cm³/mol. The number of aromatic nitrogens is 4. The van der Waals surface area contributed by atoms with Crippen molar-refractivity contribution in [1.29, 1.82) is 0 Å². The van der Waals surface area contributed by atoms with Crippen molar-refractivity contribution in [1.82, 2.24) is 19.7 Å². The number of rotatable bonds is 5. The third kappa shape index (κ3) is 3.21. The summed E-state index contributed by atoms with van der Waals surface area (Å²) in [6.45, 7) is 0. The van der Waals surface area contributed by atoms with Gasteiger partial charge in [-0.2, -0.15) is 5.10 Å². The minimum absolute atomic E-state index is 0.200. The standard InChI is InChI=1S/C15H21N5O/c1-21-15-9-14(17-10-18-15)13(16)8-11-6-7-20(19-11)12-4-2-3-5-12/h6-7,9-10,12-13H,2-5,8,16H2,1H3. The van der Waals surface area contributed by atoms with Crippen molar-refractivity contribution in [2.24, 2.45) is 5.73 Å². The molecule has 1 saturated carbocycles. The molecule has 6 heteroatoms. The van der Waals surface area contributed by atoms with Gasteiger partial charge >= 0.3 is 0 Å². The van der Waals surface area contributed by atoms with Crippen LogP contribution in [0.3, 0.4) is 0 Å².